The number of fused-ring (bicyclic) bond motifs is 3. The van der Waals surface area contributed by atoms with Crippen molar-refractivity contribution in [1.29, 1.82) is 0 Å². The molecule has 3 rings (SSSR count). The van der Waals surface area contributed by atoms with Gasteiger partial charge in [-0.05, 0) is 31.0 Å². The predicted molar refractivity (Wildman–Crippen MR) is 79.1 cm³/mol. The van der Waals surface area contributed by atoms with Gasteiger partial charge in [-0.25, -0.2) is 0 Å². The van der Waals surface area contributed by atoms with E-state index in [9.17, 15) is 5.11 Å². The highest BCUT2D eigenvalue weighted by atomic mass is 35.5. The molecule has 19 heavy (non-hydrogen) atoms. The van der Waals surface area contributed by atoms with Crippen LogP contribution in [-0.4, -0.2) is 35.7 Å². The first-order chi connectivity index (χ1) is 8.81. The predicted octanol–water partition coefficient (Wildman–Crippen LogP) is 3.07. The van der Waals surface area contributed by atoms with Gasteiger partial charge in [-0.2, -0.15) is 0 Å². The summed E-state index contributed by atoms with van der Waals surface area (Å²) in [4.78, 5) is 2.49. The molecular weight excluding hydrogens is 262 g/mol. The fourth-order valence-electron chi connectivity index (χ4n) is 2.98. The Morgan fingerprint density at radius 2 is 2.26 bits per heavy atom. The summed E-state index contributed by atoms with van der Waals surface area (Å²) < 4.78 is 5.77. The van der Waals surface area contributed by atoms with E-state index < -0.39 is 0 Å². The Balaban J connectivity index is 0.00000133. The molecule has 0 spiro atoms. The van der Waals surface area contributed by atoms with Crippen LogP contribution in [0.15, 0.2) is 24.3 Å². The van der Waals surface area contributed by atoms with E-state index in [0.717, 1.165) is 31.5 Å². The molecule has 1 N–H and O–H groups in total. The summed E-state index contributed by atoms with van der Waals surface area (Å²) in [6, 6.07) is 5.97. The largest absolute Gasteiger partial charge is 0.504 e. The van der Waals surface area contributed by atoms with E-state index in [4.69, 9.17) is 4.74 Å². The van der Waals surface area contributed by atoms with Crippen molar-refractivity contribution in [2.24, 2.45) is 0 Å². The van der Waals surface area contributed by atoms with E-state index >= 15 is 0 Å². The second-order valence-electron chi connectivity index (χ2n) is 4.96. The molecule has 2 heterocycles. The Morgan fingerprint density at radius 3 is 3.05 bits per heavy atom. The Labute approximate surface area is 120 Å². The number of ether oxygens (including phenoxy) is 1. The molecule has 2 aliphatic rings. The lowest BCUT2D eigenvalue weighted by atomic mass is 9.90. The Kier molecular flexibility index (Phi) is 4.38. The van der Waals surface area contributed by atoms with Gasteiger partial charge in [0.05, 0.1) is 6.04 Å². The number of halogens is 1. The fraction of sp³-hybridized carbons (Fsp3) is 0.467. The van der Waals surface area contributed by atoms with Gasteiger partial charge < -0.3 is 9.84 Å². The van der Waals surface area contributed by atoms with E-state index in [1.165, 1.54) is 5.57 Å². The lowest BCUT2D eigenvalue weighted by Crippen LogP contribution is -2.45. The highest BCUT2D eigenvalue weighted by Crippen LogP contribution is 2.42. The van der Waals surface area contributed by atoms with E-state index in [-0.39, 0.29) is 18.2 Å². The first kappa shape index (κ1) is 14.2. The molecule has 2 aliphatic heterocycles. The Hall–Kier alpha value is -1.19. The number of para-hydroxylation sites is 1. The van der Waals surface area contributed by atoms with Crippen LogP contribution in [0.5, 0.6) is 11.5 Å². The molecule has 0 saturated carbocycles. The van der Waals surface area contributed by atoms with E-state index in [1.807, 2.05) is 12.1 Å². The van der Waals surface area contributed by atoms with Crippen molar-refractivity contribution in [3.63, 3.8) is 0 Å². The van der Waals surface area contributed by atoms with Gasteiger partial charge in [0, 0.05) is 12.1 Å². The molecule has 1 atom stereocenters. The van der Waals surface area contributed by atoms with Crippen molar-refractivity contribution in [1.82, 2.24) is 4.90 Å². The van der Waals surface area contributed by atoms with E-state index in [2.05, 4.69) is 17.9 Å². The minimum atomic E-state index is 0. The van der Waals surface area contributed by atoms with Crippen LogP contribution in [0.25, 0.3) is 5.57 Å². The number of hydrogen-bond acceptors (Lipinski definition) is 3. The highest BCUT2D eigenvalue weighted by Gasteiger charge is 2.32. The van der Waals surface area contributed by atoms with Crippen LogP contribution in [0, 0.1) is 0 Å². The summed E-state index contributed by atoms with van der Waals surface area (Å²) in [5.74, 6) is 0.901. The SMILES string of the molecule is CCCN1CCC=C2c3cccc(O)c3OCC21.Cl. The maximum Gasteiger partial charge on any atom is 0.168 e. The van der Waals surface area contributed by atoms with E-state index in [0.29, 0.717) is 18.4 Å². The monoisotopic (exact) mass is 281 g/mol. The molecule has 1 unspecified atom stereocenters. The molecule has 0 radical (unpaired) electrons. The minimum Gasteiger partial charge on any atom is -0.504 e. The number of aromatic hydroxyl groups is 1. The molecule has 4 heteroatoms. The van der Waals surface area contributed by atoms with Crippen molar-refractivity contribution in [2.75, 3.05) is 19.7 Å². The smallest absolute Gasteiger partial charge is 0.168 e. The van der Waals surface area contributed by atoms with Gasteiger partial charge in [-0.3, -0.25) is 4.90 Å². The van der Waals surface area contributed by atoms with Crippen molar-refractivity contribution < 1.29 is 9.84 Å². The van der Waals surface area contributed by atoms with Crippen LogP contribution in [0.2, 0.25) is 0 Å². The van der Waals surface area contributed by atoms with Crippen LogP contribution >= 0.6 is 12.4 Å². The van der Waals surface area contributed by atoms with Gasteiger partial charge in [0.2, 0.25) is 0 Å². The lowest BCUT2D eigenvalue weighted by molar-refractivity contribution is 0.154. The average molecular weight is 282 g/mol. The molecule has 0 aromatic heterocycles. The maximum absolute atomic E-state index is 9.85. The average Bonchev–Trinajstić information content (AvgIpc) is 2.40. The molecule has 0 fully saturated rings. The first-order valence-electron chi connectivity index (χ1n) is 6.70. The van der Waals surface area contributed by atoms with Crippen molar-refractivity contribution in [3.05, 3.63) is 29.8 Å². The summed E-state index contributed by atoms with van der Waals surface area (Å²) >= 11 is 0. The molecule has 3 nitrogen and oxygen atoms in total. The summed E-state index contributed by atoms with van der Waals surface area (Å²) in [7, 11) is 0. The Bertz CT molecular complexity index is 487. The number of phenols is 1. The molecular formula is C15H20ClNO2. The molecule has 0 aliphatic carbocycles. The number of rotatable bonds is 2. The zero-order chi connectivity index (χ0) is 12.5. The quantitative estimate of drug-likeness (QED) is 0.904. The van der Waals surface area contributed by atoms with Gasteiger partial charge in [0.1, 0.15) is 6.61 Å². The van der Waals surface area contributed by atoms with Gasteiger partial charge in [-0.15, -0.1) is 12.4 Å². The molecule has 1 aromatic rings. The second-order valence-corrected chi connectivity index (χ2v) is 4.96. The summed E-state index contributed by atoms with van der Waals surface area (Å²) in [5, 5.41) is 9.85. The van der Waals surface area contributed by atoms with Crippen molar-refractivity contribution >= 4 is 18.0 Å². The zero-order valence-corrected chi connectivity index (χ0v) is 11.9. The molecule has 0 amide bonds. The number of nitrogens with zero attached hydrogens (tertiary/aromatic N) is 1. The van der Waals surface area contributed by atoms with Crippen LogP contribution in [0.3, 0.4) is 0 Å². The third kappa shape index (κ3) is 2.45. The van der Waals surface area contributed by atoms with Crippen LogP contribution in [0.4, 0.5) is 0 Å². The van der Waals surface area contributed by atoms with Gasteiger partial charge in [0.25, 0.3) is 0 Å². The van der Waals surface area contributed by atoms with Crippen LogP contribution < -0.4 is 4.74 Å². The Morgan fingerprint density at radius 1 is 1.42 bits per heavy atom. The number of benzene rings is 1. The van der Waals surface area contributed by atoms with E-state index in [1.54, 1.807) is 6.07 Å². The van der Waals surface area contributed by atoms with Crippen LogP contribution in [-0.2, 0) is 0 Å². The first-order valence-corrected chi connectivity index (χ1v) is 6.70. The number of hydrogen-bond donors (Lipinski definition) is 1. The molecule has 104 valence electrons. The van der Waals surface area contributed by atoms with Gasteiger partial charge >= 0.3 is 0 Å². The summed E-state index contributed by atoms with van der Waals surface area (Å²) in [6.45, 7) is 5.08. The van der Waals surface area contributed by atoms with Gasteiger partial charge in [0.15, 0.2) is 11.5 Å². The van der Waals surface area contributed by atoms with Crippen molar-refractivity contribution in [3.8, 4) is 11.5 Å². The molecule has 0 bridgehead atoms. The van der Waals surface area contributed by atoms with Gasteiger partial charge in [-0.1, -0.05) is 25.1 Å². The molecule has 1 aromatic carbocycles. The second kappa shape index (κ2) is 5.85. The van der Waals surface area contributed by atoms with Crippen LogP contribution in [0.1, 0.15) is 25.3 Å². The minimum absolute atomic E-state index is 0. The topological polar surface area (TPSA) is 32.7 Å². The standard InChI is InChI=1S/C15H19NO2.ClH/c1-2-8-16-9-4-6-11-12-5-3-7-14(17)15(12)18-10-13(11)16;/h3,5-7,13,17H,2,4,8-10H2,1H3;1H. The third-order valence-corrected chi connectivity index (χ3v) is 3.78. The lowest BCUT2D eigenvalue weighted by Gasteiger charge is -2.39. The number of phenolic OH excluding ortho intramolecular Hbond substituents is 1. The summed E-state index contributed by atoms with van der Waals surface area (Å²) in [6.07, 6.45) is 4.55. The van der Waals surface area contributed by atoms with Crippen molar-refractivity contribution in [2.45, 2.75) is 25.8 Å². The highest BCUT2D eigenvalue weighted by molar-refractivity contribution is 5.85. The fourth-order valence-corrected chi connectivity index (χ4v) is 2.98. The summed E-state index contributed by atoms with van der Waals surface area (Å²) in [5.41, 5.74) is 2.39. The normalized spacial score (nSPS) is 21.5. The zero-order valence-electron chi connectivity index (χ0n) is 11.1. The maximum atomic E-state index is 9.85. The third-order valence-electron chi connectivity index (χ3n) is 3.78. The molecule has 0 saturated heterocycles.